The lowest BCUT2D eigenvalue weighted by atomic mass is 9.97. The quantitative estimate of drug-likeness (QED) is 0.572. The predicted octanol–water partition coefficient (Wildman–Crippen LogP) is 4.61. The van der Waals surface area contributed by atoms with Crippen LogP contribution in [0.5, 0.6) is 11.5 Å². The fraction of sp³-hybridized carbons (Fsp3) is 0.440. The standard InChI is InChI=1S/C25H32N2O4/c1-4-18(2)20-9-5-6-10-21(20)26-24(28)15-16-27(19-13-14-19)25(29)17-31-23-12-8-7-11-22(23)30-3/h5-12,18-19H,4,13-17H2,1-3H3,(H,26,28). The van der Waals surface area contributed by atoms with Gasteiger partial charge in [0.05, 0.1) is 7.11 Å². The first kappa shape index (κ1) is 22.7. The number of hydrogen-bond donors (Lipinski definition) is 1. The van der Waals surface area contributed by atoms with E-state index >= 15 is 0 Å². The molecule has 31 heavy (non-hydrogen) atoms. The Labute approximate surface area is 184 Å². The molecule has 1 N–H and O–H groups in total. The van der Waals surface area contributed by atoms with Gasteiger partial charge in [-0.15, -0.1) is 0 Å². The number of nitrogens with zero attached hydrogens (tertiary/aromatic N) is 1. The van der Waals surface area contributed by atoms with Gasteiger partial charge in [-0.05, 0) is 48.9 Å². The highest BCUT2D eigenvalue weighted by molar-refractivity contribution is 5.92. The molecule has 0 spiro atoms. The number of para-hydroxylation sites is 3. The van der Waals surface area contributed by atoms with E-state index in [-0.39, 0.29) is 30.9 Å². The van der Waals surface area contributed by atoms with Crippen molar-refractivity contribution >= 4 is 17.5 Å². The average Bonchev–Trinajstić information content (AvgIpc) is 3.63. The van der Waals surface area contributed by atoms with Crippen molar-refractivity contribution in [3.63, 3.8) is 0 Å². The topological polar surface area (TPSA) is 67.9 Å². The highest BCUT2D eigenvalue weighted by Crippen LogP contribution is 2.29. The van der Waals surface area contributed by atoms with Gasteiger partial charge in [0.2, 0.25) is 5.91 Å². The van der Waals surface area contributed by atoms with Crippen molar-refractivity contribution < 1.29 is 19.1 Å². The summed E-state index contributed by atoms with van der Waals surface area (Å²) in [7, 11) is 1.57. The second-order valence-electron chi connectivity index (χ2n) is 7.95. The zero-order chi connectivity index (χ0) is 22.2. The number of rotatable bonds is 11. The van der Waals surface area contributed by atoms with Crippen LogP contribution in [0.25, 0.3) is 0 Å². The molecule has 0 saturated heterocycles. The Hall–Kier alpha value is -3.02. The summed E-state index contributed by atoms with van der Waals surface area (Å²) in [5.74, 6) is 1.30. The van der Waals surface area contributed by atoms with Gasteiger partial charge < -0.3 is 19.7 Å². The maximum atomic E-state index is 12.8. The Bertz CT molecular complexity index is 895. The van der Waals surface area contributed by atoms with Gasteiger partial charge in [-0.25, -0.2) is 0 Å². The first-order chi connectivity index (χ1) is 15.0. The average molecular weight is 425 g/mol. The summed E-state index contributed by atoms with van der Waals surface area (Å²) in [6, 6.07) is 15.4. The van der Waals surface area contributed by atoms with Crippen molar-refractivity contribution in [3.8, 4) is 11.5 Å². The van der Waals surface area contributed by atoms with Crippen LogP contribution in [0, 0.1) is 0 Å². The van der Waals surface area contributed by atoms with Crippen LogP contribution >= 0.6 is 0 Å². The van der Waals surface area contributed by atoms with Gasteiger partial charge in [0.1, 0.15) is 0 Å². The largest absolute Gasteiger partial charge is 0.493 e. The minimum atomic E-state index is -0.110. The summed E-state index contributed by atoms with van der Waals surface area (Å²) in [6.45, 7) is 4.60. The van der Waals surface area contributed by atoms with Crippen LogP contribution in [-0.4, -0.2) is 43.0 Å². The maximum Gasteiger partial charge on any atom is 0.260 e. The van der Waals surface area contributed by atoms with Gasteiger partial charge >= 0.3 is 0 Å². The van der Waals surface area contributed by atoms with Gasteiger partial charge in [-0.2, -0.15) is 0 Å². The number of methoxy groups -OCH3 is 1. The molecule has 6 nitrogen and oxygen atoms in total. The van der Waals surface area contributed by atoms with E-state index in [0.717, 1.165) is 30.5 Å². The molecule has 1 fully saturated rings. The van der Waals surface area contributed by atoms with Gasteiger partial charge in [0.25, 0.3) is 5.91 Å². The summed E-state index contributed by atoms with van der Waals surface area (Å²) in [6.07, 6.45) is 3.20. The molecule has 166 valence electrons. The Kier molecular flexibility index (Phi) is 7.93. The van der Waals surface area contributed by atoms with E-state index in [1.807, 2.05) is 30.3 Å². The Morgan fingerprint density at radius 2 is 1.77 bits per heavy atom. The summed E-state index contributed by atoms with van der Waals surface area (Å²) in [5.41, 5.74) is 1.99. The highest BCUT2D eigenvalue weighted by Gasteiger charge is 2.33. The fourth-order valence-corrected chi connectivity index (χ4v) is 3.55. The summed E-state index contributed by atoms with van der Waals surface area (Å²) in [5, 5.41) is 3.03. The number of amides is 2. The summed E-state index contributed by atoms with van der Waals surface area (Å²) >= 11 is 0. The first-order valence-electron chi connectivity index (χ1n) is 11.0. The lowest BCUT2D eigenvalue weighted by Crippen LogP contribution is -2.38. The Balaban J connectivity index is 1.55. The highest BCUT2D eigenvalue weighted by atomic mass is 16.5. The van der Waals surface area contributed by atoms with Crippen molar-refractivity contribution in [1.29, 1.82) is 0 Å². The molecule has 1 unspecified atom stereocenters. The van der Waals surface area contributed by atoms with E-state index in [2.05, 4.69) is 25.2 Å². The SMILES string of the molecule is CCC(C)c1ccccc1NC(=O)CCN(C(=O)COc1ccccc1OC)C1CC1. The third-order valence-electron chi connectivity index (χ3n) is 5.69. The Morgan fingerprint density at radius 1 is 1.10 bits per heavy atom. The molecule has 2 amide bonds. The molecule has 2 aromatic rings. The smallest absolute Gasteiger partial charge is 0.260 e. The molecule has 2 aromatic carbocycles. The van der Waals surface area contributed by atoms with Crippen molar-refractivity contribution in [3.05, 3.63) is 54.1 Å². The van der Waals surface area contributed by atoms with Crippen molar-refractivity contribution in [2.24, 2.45) is 0 Å². The van der Waals surface area contributed by atoms with Gasteiger partial charge in [-0.1, -0.05) is 44.2 Å². The van der Waals surface area contributed by atoms with Gasteiger partial charge in [0.15, 0.2) is 18.1 Å². The monoisotopic (exact) mass is 424 g/mol. The molecule has 0 aliphatic heterocycles. The van der Waals surface area contributed by atoms with E-state index < -0.39 is 0 Å². The van der Waals surface area contributed by atoms with Crippen LogP contribution < -0.4 is 14.8 Å². The second kappa shape index (κ2) is 10.8. The number of carbonyl (C=O) groups excluding carboxylic acids is 2. The van der Waals surface area contributed by atoms with Crippen LogP contribution in [-0.2, 0) is 9.59 Å². The lowest BCUT2D eigenvalue weighted by Gasteiger charge is -2.23. The maximum absolute atomic E-state index is 12.8. The zero-order valence-corrected chi connectivity index (χ0v) is 18.6. The summed E-state index contributed by atoms with van der Waals surface area (Å²) < 4.78 is 11.0. The molecule has 1 aliphatic rings. The molecule has 1 atom stereocenters. The lowest BCUT2D eigenvalue weighted by molar-refractivity contribution is -0.134. The van der Waals surface area contributed by atoms with Crippen LogP contribution in [0.15, 0.2) is 48.5 Å². The number of nitrogens with one attached hydrogen (secondary N) is 1. The van der Waals surface area contributed by atoms with Crippen LogP contribution in [0.3, 0.4) is 0 Å². The number of hydrogen-bond acceptors (Lipinski definition) is 4. The van der Waals surface area contributed by atoms with E-state index in [1.54, 1.807) is 24.1 Å². The number of benzene rings is 2. The molecule has 3 rings (SSSR count). The molecular weight excluding hydrogens is 392 g/mol. The second-order valence-corrected chi connectivity index (χ2v) is 7.95. The molecular formula is C25H32N2O4. The predicted molar refractivity (Wildman–Crippen MR) is 122 cm³/mol. The first-order valence-corrected chi connectivity index (χ1v) is 11.0. The molecule has 6 heteroatoms. The van der Waals surface area contributed by atoms with E-state index in [9.17, 15) is 9.59 Å². The third-order valence-corrected chi connectivity index (χ3v) is 5.69. The number of ether oxygens (including phenoxy) is 2. The number of carbonyl (C=O) groups is 2. The minimum absolute atomic E-state index is 0.0741. The van der Waals surface area contributed by atoms with Crippen molar-refractivity contribution in [2.75, 3.05) is 25.6 Å². The normalized spacial score (nSPS) is 13.9. The van der Waals surface area contributed by atoms with Crippen LogP contribution in [0.4, 0.5) is 5.69 Å². The molecule has 0 aromatic heterocycles. The van der Waals surface area contributed by atoms with E-state index in [4.69, 9.17) is 9.47 Å². The molecule has 0 heterocycles. The van der Waals surface area contributed by atoms with E-state index in [1.165, 1.54) is 0 Å². The molecule has 1 saturated carbocycles. The molecule has 0 bridgehead atoms. The molecule has 0 radical (unpaired) electrons. The molecule has 1 aliphatic carbocycles. The number of anilines is 1. The van der Waals surface area contributed by atoms with E-state index in [0.29, 0.717) is 24.0 Å². The van der Waals surface area contributed by atoms with Crippen LogP contribution in [0.2, 0.25) is 0 Å². The van der Waals surface area contributed by atoms with Crippen molar-refractivity contribution in [2.45, 2.75) is 51.5 Å². The van der Waals surface area contributed by atoms with Gasteiger partial charge in [-0.3, -0.25) is 9.59 Å². The van der Waals surface area contributed by atoms with Crippen molar-refractivity contribution in [1.82, 2.24) is 4.90 Å². The summed E-state index contributed by atoms with van der Waals surface area (Å²) in [4.78, 5) is 27.2. The zero-order valence-electron chi connectivity index (χ0n) is 18.6. The van der Waals surface area contributed by atoms with Crippen LogP contribution in [0.1, 0.15) is 51.0 Å². The van der Waals surface area contributed by atoms with Gasteiger partial charge in [0, 0.05) is 24.7 Å². The minimum Gasteiger partial charge on any atom is -0.493 e. The Morgan fingerprint density at radius 3 is 2.45 bits per heavy atom. The fourth-order valence-electron chi connectivity index (χ4n) is 3.55. The third kappa shape index (κ3) is 6.23.